The Morgan fingerprint density at radius 2 is 1.70 bits per heavy atom. The van der Waals surface area contributed by atoms with E-state index >= 15 is 0 Å². The van der Waals surface area contributed by atoms with Crippen LogP contribution in [0.15, 0.2) is 29.2 Å². The minimum atomic E-state index is -3.52. The number of nitrogens with zero attached hydrogens (tertiary/aromatic N) is 1. The first kappa shape index (κ1) is 20.3. The molecule has 0 spiro atoms. The predicted octanol–water partition coefficient (Wildman–Crippen LogP) is 3.66. The monoisotopic (exact) mass is 392 g/mol. The molecule has 150 valence electrons. The lowest BCUT2D eigenvalue weighted by Gasteiger charge is -2.33. The van der Waals surface area contributed by atoms with Crippen LogP contribution in [-0.2, 0) is 14.8 Å². The molecule has 1 saturated carbocycles. The number of carbonyl (C=O) groups excluding carboxylic acids is 1. The van der Waals surface area contributed by atoms with Gasteiger partial charge < -0.3 is 5.32 Å². The molecule has 2 fully saturated rings. The minimum absolute atomic E-state index is 0.0853. The highest BCUT2D eigenvalue weighted by atomic mass is 32.2. The van der Waals surface area contributed by atoms with Crippen molar-refractivity contribution >= 4 is 15.9 Å². The van der Waals surface area contributed by atoms with Crippen molar-refractivity contribution in [2.75, 3.05) is 13.1 Å². The number of nitrogens with one attached hydrogen (secondary N) is 1. The first-order valence-electron chi connectivity index (χ1n) is 10.3. The van der Waals surface area contributed by atoms with E-state index < -0.39 is 10.0 Å². The van der Waals surface area contributed by atoms with Crippen LogP contribution in [0.2, 0.25) is 0 Å². The van der Waals surface area contributed by atoms with Gasteiger partial charge in [-0.25, -0.2) is 8.42 Å². The number of hydrogen-bond donors (Lipinski definition) is 1. The Balaban J connectivity index is 1.64. The van der Waals surface area contributed by atoms with E-state index in [1.165, 1.54) is 10.7 Å². The van der Waals surface area contributed by atoms with Gasteiger partial charge in [-0.05, 0) is 49.3 Å². The average molecular weight is 393 g/mol. The summed E-state index contributed by atoms with van der Waals surface area (Å²) in [6.45, 7) is 5.07. The summed E-state index contributed by atoms with van der Waals surface area (Å²) >= 11 is 0. The topological polar surface area (TPSA) is 66.5 Å². The molecule has 1 aromatic carbocycles. The highest BCUT2D eigenvalue weighted by Crippen LogP contribution is 2.26. The minimum Gasteiger partial charge on any atom is -0.352 e. The number of rotatable bonds is 5. The van der Waals surface area contributed by atoms with Gasteiger partial charge in [0.05, 0.1) is 4.90 Å². The van der Waals surface area contributed by atoms with Gasteiger partial charge in [0.15, 0.2) is 0 Å². The van der Waals surface area contributed by atoms with Crippen molar-refractivity contribution in [1.82, 2.24) is 9.62 Å². The van der Waals surface area contributed by atoms with Gasteiger partial charge in [-0.15, -0.1) is 0 Å². The largest absolute Gasteiger partial charge is 0.352 e. The molecule has 0 radical (unpaired) electrons. The number of amides is 1. The lowest BCUT2D eigenvalue weighted by Crippen LogP contribution is -2.50. The van der Waals surface area contributed by atoms with Crippen LogP contribution in [0.4, 0.5) is 0 Å². The summed E-state index contributed by atoms with van der Waals surface area (Å²) < 4.78 is 27.6. The second-order valence-electron chi connectivity index (χ2n) is 8.27. The number of benzene rings is 1. The fraction of sp³-hybridized carbons (Fsp3) is 0.667. The summed E-state index contributed by atoms with van der Waals surface area (Å²) in [5, 5.41) is 3.12. The number of piperidine rings is 1. The van der Waals surface area contributed by atoms with E-state index in [9.17, 15) is 13.2 Å². The van der Waals surface area contributed by atoms with Crippen LogP contribution in [-0.4, -0.2) is 37.8 Å². The van der Waals surface area contributed by atoms with Gasteiger partial charge in [-0.1, -0.05) is 45.2 Å². The van der Waals surface area contributed by atoms with Crippen LogP contribution >= 0.6 is 0 Å². The maximum absolute atomic E-state index is 13.0. The standard InChI is InChI=1S/C21H32N2O3S/c1-16(2)17-10-12-20(13-11-17)27(25,26)23-14-6-9-19(15-23)22-21(24)18-7-4-3-5-8-18/h10-13,16,18-19H,3-9,14-15H2,1-2H3,(H,22,24)/t19-/m0/s1. The smallest absolute Gasteiger partial charge is 0.243 e. The van der Waals surface area contributed by atoms with Crippen molar-refractivity contribution in [2.45, 2.75) is 75.6 Å². The van der Waals surface area contributed by atoms with Crippen molar-refractivity contribution in [2.24, 2.45) is 5.92 Å². The van der Waals surface area contributed by atoms with Gasteiger partial charge in [0.2, 0.25) is 15.9 Å². The molecule has 1 aromatic rings. The highest BCUT2D eigenvalue weighted by Gasteiger charge is 2.32. The first-order valence-corrected chi connectivity index (χ1v) is 11.7. The van der Waals surface area contributed by atoms with Gasteiger partial charge in [0.1, 0.15) is 0 Å². The normalized spacial score (nSPS) is 22.7. The summed E-state index contributed by atoms with van der Waals surface area (Å²) in [7, 11) is -3.52. The third kappa shape index (κ3) is 4.91. The van der Waals surface area contributed by atoms with Gasteiger partial charge in [-0.2, -0.15) is 4.31 Å². The average Bonchev–Trinajstić information content (AvgIpc) is 2.69. The second-order valence-corrected chi connectivity index (χ2v) is 10.2. The Morgan fingerprint density at radius 1 is 1.04 bits per heavy atom. The van der Waals surface area contributed by atoms with Crippen LogP contribution in [0.25, 0.3) is 0 Å². The van der Waals surface area contributed by atoms with Crippen LogP contribution in [0, 0.1) is 5.92 Å². The summed E-state index contributed by atoms with van der Waals surface area (Å²) in [5.74, 6) is 0.589. The summed E-state index contributed by atoms with van der Waals surface area (Å²) in [5.41, 5.74) is 1.13. The molecule has 1 saturated heterocycles. The predicted molar refractivity (Wildman–Crippen MR) is 107 cm³/mol. The lowest BCUT2D eigenvalue weighted by atomic mass is 9.88. The Kier molecular flexibility index (Phi) is 6.58. The molecule has 1 N–H and O–H groups in total. The molecule has 1 amide bonds. The van der Waals surface area contributed by atoms with E-state index in [2.05, 4.69) is 19.2 Å². The molecule has 6 heteroatoms. The van der Waals surface area contributed by atoms with Crippen LogP contribution in [0.3, 0.4) is 0 Å². The molecule has 3 rings (SSSR count). The van der Waals surface area contributed by atoms with Gasteiger partial charge in [-0.3, -0.25) is 4.79 Å². The number of sulfonamides is 1. The molecule has 1 heterocycles. The summed E-state index contributed by atoms with van der Waals surface area (Å²) in [4.78, 5) is 12.9. The second kappa shape index (κ2) is 8.74. The summed E-state index contributed by atoms with van der Waals surface area (Å²) in [6, 6.07) is 7.11. The van der Waals surface area contributed by atoms with Crippen LogP contribution < -0.4 is 5.32 Å². The molecule has 0 aromatic heterocycles. The Bertz CT molecular complexity index is 737. The van der Waals surface area contributed by atoms with Crippen molar-refractivity contribution in [1.29, 1.82) is 0 Å². The van der Waals surface area contributed by atoms with Crippen molar-refractivity contribution < 1.29 is 13.2 Å². The molecule has 2 aliphatic rings. The van der Waals surface area contributed by atoms with Gasteiger partial charge >= 0.3 is 0 Å². The van der Waals surface area contributed by atoms with Gasteiger partial charge in [0, 0.05) is 25.0 Å². The molecule has 1 aliphatic heterocycles. The lowest BCUT2D eigenvalue weighted by molar-refractivity contribution is -0.126. The number of carbonyl (C=O) groups is 1. The van der Waals surface area contributed by atoms with Crippen molar-refractivity contribution in [3.05, 3.63) is 29.8 Å². The molecule has 1 atom stereocenters. The number of hydrogen-bond acceptors (Lipinski definition) is 3. The highest BCUT2D eigenvalue weighted by molar-refractivity contribution is 7.89. The molecule has 27 heavy (non-hydrogen) atoms. The van der Waals surface area contributed by atoms with Crippen LogP contribution in [0.1, 0.15) is 70.3 Å². The van der Waals surface area contributed by atoms with E-state index in [4.69, 9.17) is 0 Å². The SMILES string of the molecule is CC(C)c1ccc(S(=O)(=O)N2CCC[C@H](NC(=O)C3CCCCC3)C2)cc1. The molecule has 5 nitrogen and oxygen atoms in total. The van der Waals surface area contributed by atoms with E-state index in [0.717, 1.165) is 44.1 Å². The fourth-order valence-corrected chi connectivity index (χ4v) is 5.66. The zero-order chi connectivity index (χ0) is 19.4. The van der Waals surface area contributed by atoms with E-state index in [1.54, 1.807) is 12.1 Å². The Morgan fingerprint density at radius 3 is 2.33 bits per heavy atom. The maximum atomic E-state index is 13.0. The quantitative estimate of drug-likeness (QED) is 0.831. The van der Waals surface area contributed by atoms with Crippen molar-refractivity contribution in [3.63, 3.8) is 0 Å². The van der Waals surface area contributed by atoms with E-state index in [1.807, 2.05) is 12.1 Å². The van der Waals surface area contributed by atoms with Gasteiger partial charge in [0.25, 0.3) is 0 Å². The zero-order valence-corrected chi connectivity index (χ0v) is 17.3. The third-order valence-electron chi connectivity index (χ3n) is 5.89. The van der Waals surface area contributed by atoms with E-state index in [-0.39, 0.29) is 17.9 Å². The molecule has 0 bridgehead atoms. The maximum Gasteiger partial charge on any atom is 0.243 e. The van der Waals surface area contributed by atoms with E-state index in [0.29, 0.717) is 23.9 Å². The molecular weight excluding hydrogens is 360 g/mol. The first-order chi connectivity index (χ1) is 12.9. The van der Waals surface area contributed by atoms with Crippen molar-refractivity contribution in [3.8, 4) is 0 Å². The zero-order valence-electron chi connectivity index (χ0n) is 16.5. The Labute approximate surface area is 163 Å². The Hall–Kier alpha value is -1.40. The molecular formula is C21H32N2O3S. The summed E-state index contributed by atoms with van der Waals surface area (Å²) in [6.07, 6.45) is 7.00. The third-order valence-corrected chi connectivity index (χ3v) is 7.77. The molecule has 1 aliphatic carbocycles. The fourth-order valence-electron chi connectivity index (χ4n) is 4.14. The molecule has 0 unspecified atom stereocenters. The van der Waals surface area contributed by atoms with Crippen LogP contribution in [0.5, 0.6) is 0 Å².